The summed E-state index contributed by atoms with van der Waals surface area (Å²) in [5.41, 5.74) is 17.7. The van der Waals surface area contributed by atoms with E-state index in [1.807, 2.05) is 0 Å². The summed E-state index contributed by atoms with van der Waals surface area (Å²) in [7, 11) is 0. The molecule has 6 atom stereocenters. The zero-order chi connectivity index (χ0) is 40.0. The molecule has 12 rings (SSSR count). The highest BCUT2D eigenvalue weighted by atomic mass is 32.1. The lowest BCUT2D eigenvalue weighted by molar-refractivity contribution is 0.484. The molecule has 0 amide bonds. The van der Waals surface area contributed by atoms with Crippen LogP contribution in [0.1, 0.15) is 113 Å². The van der Waals surface area contributed by atoms with E-state index in [0.29, 0.717) is 35.3 Å². The van der Waals surface area contributed by atoms with Crippen molar-refractivity contribution < 1.29 is 4.42 Å². The van der Waals surface area contributed by atoms with Crippen LogP contribution in [-0.4, -0.2) is 5.75 Å². The molecule has 6 aliphatic carbocycles. The molecule has 5 aromatic carbocycles. The van der Waals surface area contributed by atoms with Crippen molar-refractivity contribution in [3.8, 4) is 11.1 Å². The molecule has 6 aliphatic rings. The molecule has 60 heavy (non-hydrogen) atoms. The van der Waals surface area contributed by atoms with E-state index in [4.69, 9.17) is 17.0 Å². The summed E-state index contributed by atoms with van der Waals surface area (Å²) in [5.74, 6) is 3.57. The molecule has 1 aromatic heterocycles. The van der Waals surface area contributed by atoms with Crippen LogP contribution < -0.4 is 0 Å². The molecule has 0 saturated carbocycles. The Bertz CT molecular complexity index is 2970. The second-order valence-corrected chi connectivity index (χ2v) is 18.5. The minimum Gasteiger partial charge on any atom is -0.460 e. The van der Waals surface area contributed by atoms with Gasteiger partial charge in [-0.05, 0) is 111 Å². The van der Waals surface area contributed by atoms with Crippen LogP contribution in [0.25, 0.3) is 38.9 Å². The Kier molecular flexibility index (Phi) is 8.64. The third-order valence-corrected chi connectivity index (χ3v) is 15.4. The third kappa shape index (κ3) is 5.39. The standard InChI is InChI=1S/C58H50OS/c1-36-31-40(33-50-45-21-11-13-26-54(45)59-57(36)50)41(38-15-4-2-5-16-38)29-27-37-28-30-42(39-17-6-3-7-18-39)52(32-37)58(35-60)51-25-12-10-22-47(51)56-48-24-14-23-46-43-19-8-9-20-44(43)49(55(46)48)34-53(56)58/h3-4,6-17,19-26,28,30,32-34,36,39,41,43-44,60H,2,5,18,27,29,31,35H2,1H3. The molecule has 0 fully saturated rings. The summed E-state index contributed by atoms with van der Waals surface area (Å²) in [6, 6.07) is 35.1. The number of allylic oxidation sites excluding steroid dienone is 13. The van der Waals surface area contributed by atoms with Gasteiger partial charge in [0.05, 0.1) is 5.41 Å². The number of fused-ring (bicyclic) bond motifs is 10. The quantitative estimate of drug-likeness (QED) is 0.151. The fourth-order valence-electron chi connectivity index (χ4n) is 12.2. The zero-order valence-electron chi connectivity index (χ0n) is 34.3. The van der Waals surface area contributed by atoms with Gasteiger partial charge in [-0.15, -0.1) is 0 Å². The summed E-state index contributed by atoms with van der Waals surface area (Å²) in [6.07, 6.45) is 34.7. The lowest BCUT2D eigenvalue weighted by Gasteiger charge is -2.36. The molecule has 0 radical (unpaired) electrons. The molecule has 6 unspecified atom stereocenters. The number of rotatable bonds is 8. The van der Waals surface area contributed by atoms with Crippen LogP contribution in [0.3, 0.4) is 0 Å². The van der Waals surface area contributed by atoms with Gasteiger partial charge in [-0.25, -0.2) is 0 Å². The normalized spacial score (nSPS) is 24.6. The van der Waals surface area contributed by atoms with Crippen molar-refractivity contribution in [1.82, 2.24) is 0 Å². The van der Waals surface area contributed by atoms with Gasteiger partial charge in [0, 0.05) is 46.3 Å². The third-order valence-electron chi connectivity index (χ3n) is 15.0. The van der Waals surface area contributed by atoms with E-state index >= 15 is 0 Å². The maximum Gasteiger partial charge on any atom is 0.134 e. The van der Waals surface area contributed by atoms with Gasteiger partial charge in [-0.2, -0.15) is 12.6 Å². The first-order valence-corrected chi connectivity index (χ1v) is 23.0. The smallest absolute Gasteiger partial charge is 0.134 e. The molecule has 0 saturated heterocycles. The second kappa shape index (κ2) is 14.3. The van der Waals surface area contributed by atoms with Gasteiger partial charge >= 0.3 is 0 Å². The average molecular weight is 795 g/mol. The second-order valence-electron chi connectivity index (χ2n) is 18.1. The molecule has 2 heteroatoms. The topological polar surface area (TPSA) is 13.1 Å². The predicted molar refractivity (Wildman–Crippen MR) is 254 cm³/mol. The Morgan fingerprint density at radius 1 is 0.750 bits per heavy atom. The summed E-state index contributed by atoms with van der Waals surface area (Å²) in [5, 5.41) is 4.09. The maximum atomic E-state index is 6.47. The van der Waals surface area contributed by atoms with Crippen LogP contribution >= 0.6 is 12.6 Å². The summed E-state index contributed by atoms with van der Waals surface area (Å²) in [6.45, 7) is 2.35. The van der Waals surface area contributed by atoms with Crippen molar-refractivity contribution in [2.45, 2.75) is 74.5 Å². The van der Waals surface area contributed by atoms with Crippen LogP contribution in [0.5, 0.6) is 0 Å². The van der Waals surface area contributed by atoms with E-state index in [0.717, 1.165) is 49.9 Å². The molecule has 0 spiro atoms. The van der Waals surface area contributed by atoms with Crippen molar-refractivity contribution in [1.29, 1.82) is 0 Å². The lowest BCUT2D eigenvalue weighted by Crippen LogP contribution is -2.31. The fraction of sp³-hybridized carbons (Fsp3) is 0.241. The fourth-order valence-corrected chi connectivity index (χ4v) is 12.8. The van der Waals surface area contributed by atoms with Gasteiger partial charge < -0.3 is 4.42 Å². The van der Waals surface area contributed by atoms with Gasteiger partial charge in [0.1, 0.15) is 11.3 Å². The Labute approximate surface area is 359 Å². The van der Waals surface area contributed by atoms with Crippen molar-refractivity contribution in [3.05, 3.63) is 219 Å². The Hall–Kier alpha value is -5.57. The van der Waals surface area contributed by atoms with Crippen molar-refractivity contribution >= 4 is 40.4 Å². The minimum atomic E-state index is -0.406. The highest BCUT2D eigenvalue weighted by Crippen LogP contribution is 2.61. The summed E-state index contributed by atoms with van der Waals surface area (Å²) in [4.78, 5) is 0. The molecule has 0 bridgehead atoms. The first-order valence-electron chi connectivity index (χ1n) is 22.3. The van der Waals surface area contributed by atoms with Gasteiger partial charge in [0.25, 0.3) is 0 Å². The number of hydrogen-bond acceptors (Lipinski definition) is 2. The number of para-hydroxylation sites is 1. The van der Waals surface area contributed by atoms with Gasteiger partial charge in [0.15, 0.2) is 0 Å². The molecular weight excluding hydrogens is 745 g/mol. The minimum absolute atomic E-state index is 0.308. The molecule has 6 aromatic rings. The van der Waals surface area contributed by atoms with Crippen LogP contribution in [-0.2, 0) is 11.8 Å². The monoisotopic (exact) mass is 794 g/mol. The average Bonchev–Trinajstić information content (AvgIpc) is 3.95. The lowest BCUT2D eigenvalue weighted by atomic mass is 9.68. The van der Waals surface area contributed by atoms with E-state index in [1.54, 1.807) is 0 Å². The predicted octanol–water partition coefficient (Wildman–Crippen LogP) is 15.2. The van der Waals surface area contributed by atoms with E-state index in [-0.39, 0.29) is 0 Å². The molecule has 294 valence electrons. The molecular formula is C58H50OS. The largest absolute Gasteiger partial charge is 0.460 e. The Balaban J connectivity index is 1.01. The van der Waals surface area contributed by atoms with E-state index in [1.165, 1.54) is 82.9 Å². The number of benzene rings is 5. The highest BCUT2D eigenvalue weighted by molar-refractivity contribution is 7.80. The Morgan fingerprint density at radius 2 is 1.58 bits per heavy atom. The van der Waals surface area contributed by atoms with Crippen LogP contribution in [0.15, 0.2) is 173 Å². The Morgan fingerprint density at radius 3 is 2.43 bits per heavy atom. The van der Waals surface area contributed by atoms with Crippen molar-refractivity contribution in [2.24, 2.45) is 5.92 Å². The van der Waals surface area contributed by atoms with Crippen molar-refractivity contribution in [3.63, 3.8) is 0 Å². The summed E-state index contributed by atoms with van der Waals surface area (Å²) >= 11 is 5.46. The van der Waals surface area contributed by atoms with Crippen LogP contribution in [0, 0.1) is 5.92 Å². The summed E-state index contributed by atoms with van der Waals surface area (Å²) < 4.78 is 6.47. The van der Waals surface area contributed by atoms with Gasteiger partial charge in [-0.1, -0.05) is 170 Å². The SMILES string of the molecule is CC1CC(C(CCc2ccc(C3C=CC=CC3)c(C3(CS)c4ccccc4-c4c3cc3c5c(cccc45)C4C=CC=CC34)c2)C2=CCCC=C2)=Cc2c1oc1ccccc21. The number of hydrogen-bond donors (Lipinski definition) is 1. The van der Waals surface area contributed by atoms with Crippen LogP contribution in [0.4, 0.5) is 0 Å². The molecule has 1 heterocycles. The molecule has 1 nitrogen and oxygen atoms in total. The van der Waals surface area contributed by atoms with E-state index in [9.17, 15) is 0 Å². The molecule has 0 N–H and O–H groups in total. The van der Waals surface area contributed by atoms with Crippen molar-refractivity contribution in [2.75, 3.05) is 5.75 Å². The molecule has 0 aliphatic heterocycles. The van der Waals surface area contributed by atoms with Gasteiger partial charge in [-0.3, -0.25) is 0 Å². The van der Waals surface area contributed by atoms with Crippen LogP contribution in [0.2, 0.25) is 0 Å². The van der Waals surface area contributed by atoms with E-state index < -0.39 is 5.41 Å². The highest BCUT2D eigenvalue weighted by Gasteiger charge is 2.48. The first kappa shape index (κ1) is 36.3. The number of thiol groups is 1. The maximum absolute atomic E-state index is 6.47. The zero-order valence-corrected chi connectivity index (χ0v) is 35.2. The number of furan rings is 1. The van der Waals surface area contributed by atoms with Gasteiger partial charge in [0.2, 0.25) is 0 Å². The number of aryl methyl sites for hydroxylation is 1. The first-order chi connectivity index (χ1) is 29.6. The van der Waals surface area contributed by atoms with E-state index in [2.05, 4.69) is 171 Å².